The molecule has 1 aliphatic heterocycles. The first-order valence-electron chi connectivity index (χ1n) is 6.75. The summed E-state index contributed by atoms with van der Waals surface area (Å²) in [7, 11) is 0. The number of benzene rings is 1. The number of carbonyl (C=O) groups excluding carboxylic acids is 3. The number of ether oxygens (including phenoxy) is 1. The SMILES string of the molecule is NCc1ccc(COC(=O)CC2=CC(=O)NC2=O)c(CN)c1. The van der Waals surface area contributed by atoms with Gasteiger partial charge in [0.05, 0.1) is 6.42 Å². The van der Waals surface area contributed by atoms with Crippen molar-refractivity contribution in [2.24, 2.45) is 11.5 Å². The Bertz CT molecular complexity index is 652. The van der Waals surface area contributed by atoms with Gasteiger partial charge in [0.2, 0.25) is 0 Å². The highest BCUT2D eigenvalue weighted by Gasteiger charge is 2.23. The van der Waals surface area contributed by atoms with Gasteiger partial charge in [-0.1, -0.05) is 18.2 Å². The molecule has 5 N–H and O–H groups in total. The van der Waals surface area contributed by atoms with E-state index in [-0.39, 0.29) is 18.6 Å². The van der Waals surface area contributed by atoms with Gasteiger partial charge in [-0.2, -0.15) is 0 Å². The monoisotopic (exact) mass is 303 g/mol. The van der Waals surface area contributed by atoms with Crippen LogP contribution in [-0.4, -0.2) is 17.8 Å². The van der Waals surface area contributed by atoms with Gasteiger partial charge in [-0.25, -0.2) is 0 Å². The Balaban J connectivity index is 1.95. The molecule has 1 heterocycles. The number of esters is 1. The van der Waals surface area contributed by atoms with Gasteiger partial charge in [0, 0.05) is 24.7 Å². The van der Waals surface area contributed by atoms with Crippen LogP contribution in [0.25, 0.3) is 0 Å². The number of hydrogen-bond acceptors (Lipinski definition) is 6. The van der Waals surface area contributed by atoms with E-state index in [0.29, 0.717) is 13.1 Å². The smallest absolute Gasteiger partial charge is 0.310 e. The molecule has 0 unspecified atom stereocenters. The van der Waals surface area contributed by atoms with E-state index in [2.05, 4.69) is 5.32 Å². The van der Waals surface area contributed by atoms with Crippen LogP contribution in [0.4, 0.5) is 0 Å². The topological polar surface area (TPSA) is 125 Å². The normalized spacial score (nSPS) is 13.8. The minimum absolute atomic E-state index is 0.0546. The Morgan fingerprint density at radius 3 is 2.50 bits per heavy atom. The van der Waals surface area contributed by atoms with Crippen molar-refractivity contribution in [2.75, 3.05) is 0 Å². The quantitative estimate of drug-likeness (QED) is 0.486. The van der Waals surface area contributed by atoms with E-state index in [9.17, 15) is 14.4 Å². The van der Waals surface area contributed by atoms with Crippen molar-refractivity contribution in [3.8, 4) is 0 Å². The van der Waals surface area contributed by atoms with E-state index in [1.807, 2.05) is 18.2 Å². The first kappa shape index (κ1) is 15.9. The lowest BCUT2D eigenvalue weighted by molar-refractivity contribution is -0.144. The van der Waals surface area contributed by atoms with Crippen LogP contribution < -0.4 is 16.8 Å². The summed E-state index contributed by atoms with van der Waals surface area (Å²) in [5.74, 6) is -1.66. The maximum atomic E-state index is 11.7. The molecule has 22 heavy (non-hydrogen) atoms. The number of nitrogens with one attached hydrogen (secondary N) is 1. The lowest BCUT2D eigenvalue weighted by atomic mass is 10.0. The molecule has 0 spiro atoms. The Morgan fingerprint density at radius 1 is 1.14 bits per heavy atom. The molecule has 2 rings (SSSR count). The first-order chi connectivity index (χ1) is 10.5. The second-order valence-electron chi connectivity index (χ2n) is 4.84. The maximum Gasteiger partial charge on any atom is 0.310 e. The molecule has 0 aromatic heterocycles. The molecule has 1 aliphatic rings. The second-order valence-corrected chi connectivity index (χ2v) is 4.84. The molecular weight excluding hydrogens is 286 g/mol. The van der Waals surface area contributed by atoms with Crippen molar-refractivity contribution in [2.45, 2.75) is 26.1 Å². The zero-order chi connectivity index (χ0) is 16.1. The summed E-state index contributed by atoms with van der Waals surface area (Å²) in [6.07, 6.45) is 0.862. The van der Waals surface area contributed by atoms with Crippen molar-refractivity contribution in [1.82, 2.24) is 5.32 Å². The predicted molar refractivity (Wildman–Crippen MR) is 77.9 cm³/mol. The van der Waals surface area contributed by atoms with Gasteiger partial charge in [0.1, 0.15) is 6.61 Å². The second kappa shape index (κ2) is 6.97. The number of imide groups is 1. The number of nitrogens with two attached hydrogens (primary N) is 2. The maximum absolute atomic E-state index is 11.7. The van der Waals surface area contributed by atoms with E-state index < -0.39 is 17.8 Å². The van der Waals surface area contributed by atoms with Gasteiger partial charge < -0.3 is 16.2 Å². The average Bonchev–Trinajstić information content (AvgIpc) is 2.82. The van der Waals surface area contributed by atoms with Crippen LogP contribution in [0.3, 0.4) is 0 Å². The van der Waals surface area contributed by atoms with Crippen LogP contribution >= 0.6 is 0 Å². The molecule has 116 valence electrons. The van der Waals surface area contributed by atoms with Crippen LogP contribution in [0.15, 0.2) is 29.8 Å². The van der Waals surface area contributed by atoms with Crippen molar-refractivity contribution in [1.29, 1.82) is 0 Å². The molecule has 0 fully saturated rings. The first-order valence-corrected chi connectivity index (χ1v) is 6.75. The highest BCUT2D eigenvalue weighted by atomic mass is 16.5. The fourth-order valence-corrected chi connectivity index (χ4v) is 2.09. The third-order valence-corrected chi connectivity index (χ3v) is 3.28. The predicted octanol–water partition coefficient (Wildman–Crippen LogP) is -0.380. The number of rotatable bonds is 6. The molecule has 7 nitrogen and oxygen atoms in total. The van der Waals surface area contributed by atoms with Gasteiger partial charge in [-0.05, 0) is 16.7 Å². The third kappa shape index (κ3) is 3.78. The fourth-order valence-electron chi connectivity index (χ4n) is 2.09. The molecule has 2 amide bonds. The summed E-state index contributed by atoms with van der Waals surface area (Å²) in [5.41, 5.74) is 13.9. The average molecular weight is 303 g/mol. The molecule has 0 aliphatic carbocycles. The summed E-state index contributed by atoms with van der Waals surface area (Å²) in [6, 6.07) is 5.52. The summed E-state index contributed by atoms with van der Waals surface area (Å²) >= 11 is 0. The standard InChI is InChI=1S/C15H17N3O4/c16-6-9-1-2-10(12(3-9)7-17)8-22-14(20)5-11-4-13(19)18-15(11)21/h1-4H,5-8,16-17H2,(H,18,19,21). The van der Waals surface area contributed by atoms with Crippen LogP contribution in [0.1, 0.15) is 23.1 Å². The van der Waals surface area contributed by atoms with Crippen molar-refractivity contribution >= 4 is 17.8 Å². The lowest BCUT2D eigenvalue weighted by Crippen LogP contribution is -2.23. The highest BCUT2D eigenvalue weighted by molar-refractivity contribution is 6.17. The Morgan fingerprint density at radius 2 is 1.91 bits per heavy atom. The van der Waals surface area contributed by atoms with E-state index in [4.69, 9.17) is 16.2 Å². The minimum Gasteiger partial charge on any atom is -0.461 e. The molecule has 0 bridgehead atoms. The van der Waals surface area contributed by atoms with E-state index >= 15 is 0 Å². The number of amides is 2. The Kier molecular flexibility index (Phi) is 5.03. The van der Waals surface area contributed by atoms with E-state index in [0.717, 1.165) is 22.8 Å². The third-order valence-electron chi connectivity index (χ3n) is 3.28. The van der Waals surface area contributed by atoms with Gasteiger partial charge in [-0.3, -0.25) is 19.7 Å². The van der Waals surface area contributed by atoms with Gasteiger partial charge in [0.25, 0.3) is 11.8 Å². The summed E-state index contributed by atoms with van der Waals surface area (Å²) in [6.45, 7) is 0.770. The fraction of sp³-hybridized carbons (Fsp3) is 0.267. The van der Waals surface area contributed by atoms with E-state index in [1.54, 1.807) is 0 Å². The Labute approximate surface area is 127 Å². The van der Waals surface area contributed by atoms with Gasteiger partial charge in [-0.15, -0.1) is 0 Å². The molecule has 0 saturated carbocycles. The van der Waals surface area contributed by atoms with Crippen LogP contribution in [0.2, 0.25) is 0 Å². The van der Waals surface area contributed by atoms with Crippen molar-refractivity contribution in [3.63, 3.8) is 0 Å². The van der Waals surface area contributed by atoms with Crippen LogP contribution in [-0.2, 0) is 38.8 Å². The van der Waals surface area contributed by atoms with Crippen LogP contribution in [0, 0.1) is 0 Å². The molecule has 0 saturated heterocycles. The van der Waals surface area contributed by atoms with Gasteiger partial charge in [0.15, 0.2) is 0 Å². The van der Waals surface area contributed by atoms with Crippen molar-refractivity contribution in [3.05, 3.63) is 46.5 Å². The molecule has 0 atom stereocenters. The van der Waals surface area contributed by atoms with E-state index in [1.165, 1.54) is 0 Å². The molecule has 1 aromatic rings. The zero-order valence-electron chi connectivity index (χ0n) is 11.9. The van der Waals surface area contributed by atoms with Gasteiger partial charge >= 0.3 is 5.97 Å². The number of hydrogen-bond donors (Lipinski definition) is 3. The summed E-state index contributed by atoms with van der Waals surface area (Å²) in [4.78, 5) is 34.1. The largest absolute Gasteiger partial charge is 0.461 e. The number of carbonyl (C=O) groups is 3. The minimum atomic E-state index is -0.582. The molecule has 1 aromatic carbocycles. The highest BCUT2D eigenvalue weighted by Crippen LogP contribution is 2.14. The lowest BCUT2D eigenvalue weighted by Gasteiger charge is -2.10. The molecule has 0 radical (unpaired) electrons. The summed E-state index contributed by atoms with van der Waals surface area (Å²) in [5, 5.41) is 2.07. The molecule has 7 heteroatoms. The zero-order valence-corrected chi connectivity index (χ0v) is 11.9. The summed E-state index contributed by atoms with van der Waals surface area (Å²) < 4.78 is 5.13. The Hall–Kier alpha value is -2.51. The van der Waals surface area contributed by atoms with Crippen molar-refractivity contribution < 1.29 is 19.1 Å². The van der Waals surface area contributed by atoms with Crippen LogP contribution in [0.5, 0.6) is 0 Å². The molecular formula is C15H17N3O4.